The number of ether oxygens (including phenoxy) is 1. The molecule has 0 saturated carbocycles. The standard InChI is InChI=1S/C16H16NO2P/c1-19-15-11-9-14(10-12-15)6-5-13-17-20(18)16-7-3-2-4-8-16/h2-13,20H,1H3/b6-5+,17-13?. The van der Waals surface area contributed by atoms with Crippen molar-refractivity contribution in [1.29, 1.82) is 0 Å². The maximum absolute atomic E-state index is 11.9. The maximum atomic E-state index is 11.9. The van der Waals surface area contributed by atoms with Gasteiger partial charge in [0.1, 0.15) is 5.75 Å². The smallest absolute Gasteiger partial charge is 0.207 e. The van der Waals surface area contributed by atoms with Crippen molar-refractivity contribution in [3.8, 4) is 5.75 Å². The van der Waals surface area contributed by atoms with Crippen LogP contribution in [0.1, 0.15) is 5.56 Å². The average molecular weight is 285 g/mol. The molecule has 0 N–H and O–H groups in total. The Kier molecular flexibility index (Phi) is 5.33. The minimum atomic E-state index is -2.08. The van der Waals surface area contributed by atoms with Crippen molar-refractivity contribution in [2.45, 2.75) is 0 Å². The van der Waals surface area contributed by atoms with Gasteiger partial charge < -0.3 is 4.74 Å². The van der Waals surface area contributed by atoms with Crippen LogP contribution in [0.2, 0.25) is 0 Å². The van der Waals surface area contributed by atoms with E-state index in [4.69, 9.17) is 4.74 Å². The predicted molar refractivity (Wildman–Crippen MR) is 85.6 cm³/mol. The molecule has 0 radical (unpaired) electrons. The van der Waals surface area contributed by atoms with Crippen LogP contribution < -0.4 is 10.0 Å². The van der Waals surface area contributed by atoms with Gasteiger partial charge in [-0.1, -0.05) is 36.4 Å². The lowest BCUT2D eigenvalue weighted by atomic mass is 10.2. The van der Waals surface area contributed by atoms with E-state index in [1.807, 2.05) is 60.7 Å². The van der Waals surface area contributed by atoms with Crippen LogP contribution in [0.4, 0.5) is 0 Å². The molecule has 0 heterocycles. The molecule has 1 unspecified atom stereocenters. The van der Waals surface area contributed by atoms with E-state index in [1.54, 1.807) is 19.4 Å². The number of rotatable bonds is 5. The summed E-state index contributed by atoms with van der Waals surface area (Å²) in [4.78, 5) is 0. The third-order valence-corrected chi connectivity index (χ3v) is 3.91. The van der Waals surface area contributed by atoms with Gasteiger partial charge >= 0.3 is 0 Å². The molecule has 3 nitrogen and oxygen atoms in total. The number of hydrogen-bond donors (Lipinski definition) is 0. The maximum Gasteiger partial charge on any atom is 0.207 e. The Hall–Kier alpha value is -2.12. The third-order valence-electron chi connectivity index (χ3n) is 2.70. The molecule has 2 aromatic carbocycles. The molecular weight excluding hydrogens is 269 g/mol. The Morgan fingerprint density at radius 1 is 1.05 bits per heavy atom. The van der Waals surface area contributed by atoms with Gasteiger partial charge in [-0.15, -0.1) is 0 Å². The molecule has 2 rings (SSSR count). The second-order valence-corrected chi connectivity index (χ2v) is 5.53. The van der Waals surface area contributed by atoms with Gasteiger partial charge in [-0.2, -0.15) is 0 Å². The van der Waals surface area contributed by atoms with Crippen molar-refractivity contribution in [2.75, 3.05) is 7.11 Å². The summed E-state index contributed by atoms with van der Waals surface area (Å²) in [5.41, 5.74) is 1.04. The molecule has 4 heteroatoms. The lowest BCUT2D eigenvalue weighted by molar-refractivity contribution is 0.415. The second-order valence-electron chi connectivity index (χ2n) is 4.08. The molecule has 0 spiro atoms. The normalized spacial score (nSPS) is 12.8. The van der Waals surface area contributed by atoms with Crippen molar-refractivity contribution in [3.63, 3.8) is 0 Å². The molecule has 0 aromatic heterocycles. The minimum absolute atomic E-state index is 0.770. The zero-order chi connectivity index (χ0) is 14.2. The number of methoxy groups -OCH3 is 1. The third kappa shape index (κ3) is 4.22. The highest BCUT2D eigenvalue weighted by molar-refractivity contribution is 7.52. The van der Waals surface area contributed by atoms with Crippen LogP contribution in [0.3, 0.4) is 0 Å². The second kappa shape index (κ2) is 7.46. The first kappa shape index (κ1) is 14.3. The summed E-state index contributed by atoms with van der Waals surface area (Å²) in [5, 5.41) is 0.770. The Balaban J connectivity index is 1.95. The van der Waals surface area contributed by atoms with Gasteiger partial charge in [-0.05, 0) is 35.9 Å². The van der Waals surface area contributed by atoms with Crippen molar-refractivity contribution in [2.24, 2.45) is 4.76 Å². The lowest BCUT2D eigenvalue weighted by Crippen LogP contribution is -1.91. The molecule has 102 valence electrons. The molecular formula is C16H16NO2P. The van der Waals surface area contributed by atoms with Gasteiger partial charge in [0, 0.05) is 11.5 Å². The van der Waals surface area contributed by atoms with E-state index in [-0.39, 0.29) is 0 Å². The van der Waals surface area contributed by atoms with Crippen LogP contribution >= 0.6 is 7.95 Å². The molecule has 1 atom stereocenters. The summed E-state index contributed by atoms with van der Waals surface area (Å²) < 4.78 is 21.0. The molecule has 0 bridgehead atoms. The summed E-state index contributed by atoms with van der Waals surface area (Å²) in [6.07, 6.45) is 5.27. The van der Waals surface area contributed by atoms with E-state index in [1.165, 1.54) is 0 Å². The number of benzene rings is 2. The van der Waals surface area contributed by atoms with Crippen molar-refractivity contribution >= 4 is 25.5 Å². The molecule has 2 aromatic rings. The highest BCUT2D eigenvalue weighted by Crippen LogP contribution is 2.20. The molecule has 0 aliphatic rings. The Morgan fingerprint density at radius 3 is 2.40 bits per heavy atom. The molecule has 0 saturated heterocycles. The SMILES string of the molecule is COc1ccc(/C=C/C=N[PH](=O)c2ccccc2)cc1. The van der Waals surface area contributed by atoms with Crippen LogP contribution in [-0.2, 0) is 4.57 Å². The number of allylic oxidation sites excluding steroid dienone is 1. The molecule has 20 heavy (non-hydrogen) atoms. The van der Waals surface area contributed by atoms with Gasteiger partial charge in [0.2, 0.25) is 7.95 Å². The van der Waals surface area contributed by atoms with Gasteiger partial charge in [0.05, 0.1) is 7.11 Å². The Bertz CT molecular complexity index is 619. The fourth-order valence-electron chi connectivity index (χ4n) is 1.64. The van der Waals surface area contributed by atoms with Gasteiger partial charge in [-0.3, -0.25) is 4.57 Å². The summed E-state index contributed by atoms with van der Waals surface area (Å²) in [5.74, 6) is 0.824. The monoisotopic (exact) mass is 285 g/mol. The first-order valence-electron chi connectivity index (χ1n) is 6.24. The first-order valence-corrected chi connectivity index (χ1v) is 7.59. The zero-order valence-electron chi connectivity index (χ0n) is 11.2. The predicted octanol–water partition coefficient (Wildman–Crippen LogP) is 3.58. The van der Waals surface area contributed by atoms with E-state index in [0.717, 1.165) is 16.6 Å². The summed E-state index contributed by atoms with van der Waals surface area (Å²) >= 11 is 0. The van der Waals surface area contributed by atoms with Crippen molar-refractivity contribution in [3.05, 3.63) is 66.2 Å². The molecule has 0 fully saturated rings. The highest BCUT2D eigenvalue weighted by atomic mass is 31.1. The molecule has 0 amide bonds. The van der Waals surface area contributed by atoms with E-state index in [2.05, 4.69) is 4.76 Å². The fraction of sp³-hybridized carbons (Fsp3) is 0.0625. The lowest BCUT2D eigenvalue weighted by Gasteiger charge is -1.98. The number of nitrogens with zero attached hydrogens (tertiary/aromatic N) is 1. The summed E-state index contributed by atoms with van der Waals surface area (Å²) in [6.45, 7) is 0. The van der Waals surface area contributed by atoms with Crippen LogP contribution in [0.15, 0.2) is 65.4 Å². The van der Waals surface area contributed by atoms with E-state index in [0.29, 0.717) is 0 Å². The minimum Gasteiger partial charge on any atom is -0.497 e. The quantitative estimate of drug-likeness (QED) is 0.622. The van der Waals surface area contributed by atoms with Gasteiger partial charge in [-0.25, -0.2) is 4.76 Å². The first-order chi connectivity index (χ1) is 9.79. The van der Waals surface area contributed by atoms with Crippen LogP contribution in [0, 0.1) is 0 Å². The van der Waals surface area contributed by atoms with Gasteiger partial charge in [0.25, 0.3) is 0 Å². The van der Waals surface area contributed by atoms with E-state index >= 15 is 0 Å². The topological polar surface area (TPSA) is 38.7 Å². The number of hydrogen-bond acceptors (Lipinski definition) is 2. The van der Waals surface area contributed by atoms with Crippen molar-refractivity contribution in [1.82, 2.24) is 0 Å². The van der Waals surface area contributed by atoms with Crippen LogP contribution in [0.25, 0.3) is 6.08 Å². The average Bonchev–Trinajstić information content (AvgIpc) is 2.53. The van der Waals surface area contributed by atoms with E-state index < -0.39 is 7.95 Å². The van der Waals surface area contributed by atoms with Crippen LogP contribution in [-0.4, -0.2) is 13.3 Å². The van der Waals surface area contributed by atoms with E-state index in [9.17, 15) is 4.57 Å². The molecule has 0 aliphatic heterocycles. The fourth-order valence-corrected chi connectivity index (χ4v) is 2.48. The Morgan fingerprint density at radius 2 is 1.75 bits per heavy atom. The summed E-state index contributed by atoms with van der Waals surface area (Å²) in [6, 6.07) is 16.9. The van der Waals surface area contributed by atoms with Gasteiger partial charge in [0.15, 0.2) is 0 Å². The van der Waals surface area contributed by atoms with Crippen LogP contribution in [0.5, 0.6) is 5.75 Å². The Labute approximate surface area is 119 Å². The zero-order valence-corrected chi connectivity index (χ0v) is 12.2. The highest BCUT2D eigenvalue weighted by Gasteiger charge is 1.96. The summed E-state index contributed by atoms with van der Waals surface area (Å²) in [7, 11) is -0.446. The molecule has 0 aliphatic carbocycles. The van der Waals surface area contributed by atoms with Crippen molar-refractivity contribution < 1.29 is 9.30 Å². The largest absolute Gasteiger partial charge is 0.497 e.